The Balaban J connectivity index is 1.99. The maximum Gasteiger partial charge on any atom is 0.240 e. The van der Waals surface area contributed by atoms with Gasteiger partial charge >= 0.3 is 0 Å². The van der Waals surface area contributed by atoms with Crippen molar-refractivity contribution in [1.82, 2.24) is 10.5 Å². The minimum absolute atomic E-state index is 0.0583. The monoisotopic (exact) mass is 329 g/mol. The van der Waals surface area contributed by atoms with Crippen LogP contribution in [0.15, 0.2) is 10.6 Å². The van der Waals surface area contributed by atoms with E-state index in [1.165, 1.54) is 19.9 Å². The SMILES string of the molecule is Cc1cc(NC(=O)C(C)(C)C(=O)NC2CCS(=O)(=O)C2)no1. The molecule has 0 spiro atoms. The van der Waals surface area contributed by atoms with E-state index in [-0.39, 0.29) is 17.3 Å². The van der Waals surface area contributed by atoms with Gasteiger partial charge in [0.1, 0.15) is 11.2 Å². The summed E-state index contributed by atoms with van der Waals surface area (Å²) in [5.74, 6) is -0.325. The number of carbonyl (C=O) groups excluding carboxylic acids is 2. The molecule has 0 saturated carbocycles. The molecule has 0 radical (unpaired) electrons. The molecule has 0 aliphatic carbocycles. The highest BCUT2D eigenvalue weighted by Crippen LogP contribution is 2.21. The molecule has 2 heterocycles. The Bertz CT molecular complexity index is 692. The second-order valence-corrected chi connectivity index (χ2v) is 8.20. The molecule has 1 atom stereocenters. The van der Waals surface area contributed by atoms with Crippen molar-refractivity contribution >= 4 is 27.5 Å². The molecule has 1 aliphatic rings. The van der Waals surface area contributed by atoms with Crippen molar-refractivity contribution < 1.29 is 22.5 Å². The minimum Gasteiger partial charge on any atom is -0.360 e. The number of aryl methyl sites for hydroxylation is 1. The fraction of sp³-hybridized carbons (Fsp3) is 0.615. The van der Waals surface area contributed by atoms with E-state index in [1.54, 1.807) is 6.92 Å². The predicted octanol–water partition coefficient (Wildman–Crippen LogP) is 0.251. The second-order valence-electron chi connectivity index (χ2n) is 5.98. The topological polar surface area (TPSA) is 118 Å². The Morgan fingerprint density at radius 3 is 2.55 bits per heavy atom. The first-order valence-corrected chi connectivity index (χ1v) is 8.68. The highest BCUT2D eigenvalue weighted by atomic mass is 32.2. The summed E-state index contributed by atoms with van der Waals surface area (Å²) in [4.78, 5) is 24.5. The van der Waals surface area contributed by atoms with Gasteiger partial charge in [-0.1, -0.05) is 5.16 Å². The molecule has 1 fully saturated rings. The van der Waals surface area contributed by atoms with Crippen molar-refractivity contribution in [2.45, 2.75) is 33.2 Å². The molecule has 1 aromatic rings. The highest BCUT2D eigenvalue weighted by molar-refractivity contribution is 7.91. The summed E-state index contributed by atoms with van der Waals surface area (Å²) in [5, 5.41) is 8.76. The van der Waals surface area contributed by atoms with Crippen LogP contribution >= 0.6 is 0 Å². The van der Waals surface area contributed by atoms with Crippen LogP contribution in [0.25, 0.3) is 0 Å². The van der Waals surface area contributed by atoms with Crippen LogP contribution in [0.4, 0.5) is 5.82 Å². The molecule has 8 nitrogen and oxygen atoms in total. The molecule has 22 heavy (non-hydrogen) atoms. The summed E-state index contributed by atoms with van der Waals surface area (Å²) in [6.07, 6.45) is 0.369. The fourth-order valence-electron chi connectivity index (χ4n) is 2.08. The molecule has 122 valence electrons. The lowest BCUT2D eigenvalue weighted by Crippen LogP contribution is -2.48. The Morgan fingerprint density at radius 1 is 1.36 bits per heavy atom. The van der Waals surface area contributed by atoms with Crippen molar-refractivity contribution in [2.24, 2.45) is 5.41 Å². The van der Waals surface area contributed by atoms with Gasteiger partial charge in [0.15, 0.2) is 15.7 Å². The van der Waals surface area contributed by atoms with E-state index in [0.29, 0.717) is 12.2 Å². The summed E-state index contributed by atoms with van der Waals surface area (Å²) in [6, 6.07) is 1.09. The lowest BCUT2D eigenvalue weighted by Gasteiger charge is -2.24. The quantitative estimate of drug-likeness (QED) is 0.765. The van der Waals surface area contributed by atoms with Crippen LogP contribution in [0, 0.1) is 12.3 Å². The summed E-state index contributed by atoms with van der Waals surface area (Å²) < 4.78 is 27.6. The Kier molecular flexibility index (Phi) is 4.28. The van der Waals surface area contributed by atoms with Gasteiger partial charge < -0.3 is 15.2 Å². The first-order chi connectivity index (χ1) is 10.1. The van der Waals surface area contributed by atoms with Crippen molar-refractivity contribution in [3.63, 3.8) is 0 Å². The summed E-state index contributed by atoms with van der Waals surface area (Å²) in [7, 11) is -3.09. The summed E-state index contributed by atoms with van der Waals surface area (Å²) >= 11 is 0. The van der Waals surface area contributed by atoms with Crippen LogP contribution in [0.2, 0.25) is 0 Å². The number of hydrogen-bond donors (Lipinski definition) is 2. The normalized spacial score (nSPS) is 20.6. The molecule has 9 heteroatoms. The van der Waals surface area contributed by atoms with E-state index in [4.69, 9.17) is 4.52 Å². The summed E-state index contributed by atoms with van der Waals surface area (Å²) in [6.45, 7) is 4.61. The first-order valence-electron chi connectivity index (χ1n) is 6.86. The lowest BCUT2D eigenvalue weighted by molar-refractivity contribution is -0.138. The van der Waals surface area contributed by atoms with Crippen LogP contribution in [0.3, 0.4) is 0 Å². The molecule has 1 aromatic heterocycles. The Hall–Kier alpha value is -1.90. The molecule has 1 unspecified atom stereocenters. The standard InChI is InChI=1S/C13H19N3O5S/c1-8-6-10(16-21-8)15-12(18)13(2,3)11(17)14-9-4-5-22(19,20)7-9/h6,9H,4-5,7H2,1-3H3,(H,14,17)(H,15,16,18). The van der Waals surface area contributed by atoms with E-state index in [0.717, 1.165) is 0 Å². The zero-order chi connectivity index (χ0) is 16.5. The molecular formula is C13H19N3O5S. The van der Waals surface area contributed by atoms with E-state index in [2.05, 4.69) is 15.8 Å². The number of anilines is 1. The van der Waals surface area contributed by atoms with Crippen LogP contribution in [-0.4, -0.2) is 42.9 Å². The lowest BCUT2D eigenvalue weighted by atomic mass is 9.90. The number of sulfone groups is 1. The number of nitrogens with one attached hydrogen (secondary N) is 2. The third-order valence-electron chi connectivity index (χ3n) is 3.57. The van der Waals surface area contributed by atoms with Gasteiger partial charge in [0.25, 0.3) is 0 Å². The van der Waals surface area contributed by atoms with Gasteiger partial charge in [-0.25, -0.2) is 8.42 Å². The van der Waals surface area contributed by atoms with Crippen LogP contribution < -0.4 is 10.6 Å². The fourth-order valence-corrected chi connectivity index (χ4v) is 3.75. The predicted molar refractivity (Wildman–Crippen MR) is 78.9 cm³/mol. The zero-order valence-electron chi connectivity index (χ0n) is 12.7. The number of rotatable bonds is 4. The largest absolute Gasteiger partial charge is 0.360 e. The van der Waals surface area contributed by atoms with E-state index in [1.807, 2.05) is 0 Å². The summed E-state index contributed by atoms with van der Waals surface area (Å²) in [5.41, 5.74) is -1.36. The molecule has 1 saturated heterocycles. The van der Waals surface area contributed by atoms with Gasteiger partial charge in [0.2, 0.25) is 11.8 Å². The van der Waals surface area contributed by atoms with Gasteiger partial charge in [-0.2, -0.15) is 0 Å². The number of amides is 2. The zero-order valence-corrected chi connectivity index (χ0v) is 13.5. The molecular weight excluding hydrogens is 310 g/mol. The number of carbonyl (C=O) groups is 2. The van der Waals surface area contributed by atoms with Gasteiger partial charge in [0.05, 0.1) is 11.5 Å². The van der Waals surface area contributed by atoms with Crippen molar-refractivity contribution in [1.29, 1.82) is 0 Å². The Morgan fingerprint density at radius 2 is 2.05 bits per heavy atom. The molecule has 0 aromatic carbocycles. The van der Waals surface area contributed by atoms with Crippen LogP contribution in [0.1, 0.15) is 26.0 Å². The number of hydrogen-bond acceptors (Lipinski definition) is 6. The van der Waals surface area contributed by atoms with E-state index < -0.39 is 33.1 Å². The van der Waals surface area contributed by atoms with Gasteiger partial charge in [-0.3, -0.25) is 9.59 Å². The molecule has 2 amide bonds. The minimum atomic E-state index is -3.09. The van der Waals surface area contributed by atoms with Gasteiger partial charge in [-0.05, 0) is 27.2 Å². The maximum atomic E-state index is 12.3. The van der Waals surface area contributed by atoms with Crippen molar-refractivity contribution in [3.8, 4) is 0 Å². The third-order valence-corrected chi connectivity index (χ3v) is 5.34. The first kappa shape index (κ1) is 16.5. The Labute approximate surface area is 128 Å². The van der Waals surface area contributed by atoms with Crippen LogP contribution in [0.5, 0.6) is 0 Å². The molecule has 2 N–H and O–H groups in total. The second kappa shape index (κ2) is 5.71. The van der Waals surface area contributed by atoms with E-state index >= 15 is 0 Å². The average molecular weight is 329 g/mol. The number of nitrogens with zero attached hydrogens (tertiary/aromatic N) is 1. The van der Waals surface area contributed by atoms with Crippen molar-refractivity contribution in [2.75, 3.05) is 16.8 Å². The smallest absolute Gasteiger partial charge is 0.240 e. The molecule has 0 bridgehead atoms. The average Bonchev–Trinajstić information content (AvgIpc) is 2.95. The maximum absolute atomic E-state index is 12.3. The number of aromatic nitrogens is 1. The van der Waals surface area contributed by atoms with Crippen molar-refractivity contribution in [3.05, 3.63) is 11.8 Å². The third kappa shape index (κ3) is 3.65. The molecule has 2 rings (SSSR count). The van der Waals surface area contributed by atoms with Crippen LogP contribution in [-0.2, 0) is 19.4 Å². The highest BCUT2D eigenvalue weighted by Gasteiger charge is 2.39. The van der Waals surface area contributed by atoms with E-state index in [9.17, 15) is 18.0 Å². The van der Waals surface area contributed by atoms with Gasteiger partial charge in [-0.15, -0.1) is 0 Å². The van der Waals surface area contributed by atoms with Gasteiger partial charge in [0, 0.05) is 12.1 Å². The molecule has 1 aliphatic heterocycles.